The maximum atomic E-state index is 9.28. The third-order valence-corrected chi connectivity index (χ3v) is 2.98. The van der Waals surface area contributed by atoms with E-state index in [0.717, 1.165) is 32.6 Å². The van der Waals surface area contributed by atoms with Crippen molar-refractivity contribution in [2.24, 2.45) is 0 Å². The number of hydrogen-bond donors (Lipinski definition) is 2. The summed E-state index contributed by atoms with van der Waals surface area (Å²) < 4.78 is 0. The molecule has 0 spiro atoms. The molecule has 0 bridgehead atoms. The van der Waals surface area contributed by atoms with Gasteiger partial charge in [0.1, 0.15) is 0 Å². The number of nitrogens with zero attached hydrogens (tertiary/aromatic N) is 1. The van der Waals surface area contributed by atoms with E-state index in [9.17, 15) is 5.11 Å². The molecule has 1 aliphatic heterocycles. The Hall–Kier alpha value is -0.120. The van der Waals surface area contributed by atoms with E-state index in [4.69, 9.17) is 0 Å². The summed E-state index contributed by atoms with van der Waals surface area (Å²) in [4.78, 5) is 2.38. The van der Waals surface area contributed by atoms with Crippen LogP contribution in [0.2, 0.25) is 0 Å². The maximum Gasteiger partial charge on any atom is 0.0612 e. The second-order valence-electron chi connectivity index (χ2n) is 3.75. The molecule has 0 saturated carbocycles. The largest absolute Gasteiger partial charge is 0.394 e. The number of aliphatic hydroxyl groups is 1. The van der Waals surface area contributed by atoms with E-state index in [1.807, 2.05) is 0 Å². The number of aliphatic hydroxyl groups excluding tert-OH is 1. The summed E-state index contributed by atoms with van der Waals surface area (Å²) in [6, 6.07) is 0. The molecule has 1 atom stereocenters. The molecule has 0 aromatic rings. The minimum Gasteiger partial charge on any atom is -0.394 e. The highest BCUT2D eigenvalue weighted by atomic mass is 16.3. The zero-order chi connectivity index (χ0) is 9.03. The van der Waals surface area contributed by atoms with Crippen LogP contribution in [-0.4, -0.2) is 48.3 Å². The van der Waals surface area contributed by atoms with Crippen LogP contribution in [0, 0.1) is 0 Å². The fourth-order valence-electron chi connectivity index (χ4n) is 1.64. The van der Waals surface area contributed by atoms with E-state index >= 15 is 0 Å². The van der Waals surface area contributed by atoms with Crippen LogP contribution in [0.1, 0.15) is 20.3 Å². The Kier molecular flexibility index (Phi) is 3.50. The Bertz CT molecular complexity index is 128. The van der Waals surface area contributed by atoms with E-state index in [-0.39, 0.29) is 12.1 Å². The number of hydrogen-bond acceptors (Lipinski definition) is 3. The van der Waals surface area contributed by atoms with Crippen LogP contribution in [0.5, 0.6) is 0 Å². The summed E-state index contributed by atoms with van der Waals surface area (Å²) in [6.45, 7) is 8.76. The van der Waals surface area contributed by atoms with Crippen molar-refractivity contribution in [3.63, 3.8) is 0 Å². The van der Waals surface area contributed by atoms with Gasteiger partial charge in [0.15, 0.2) is 0 Å². The molecule has 72 valence electrons. The van der Waals surface area contributed by atoms with Crippen molar-refractivity contribution >= 4 is 0 Å². The summed E-state index contributed by atoms with van der Waals surface area (Å²) in [7, 11) is 0. The SMILES string of the molecule is CCC(C)(CO)N1CCNCC1. The lowest BCUT2D eigenvalue weighted by molar-refractivity contribution is 0.0311. The standard InChI is InChI=1S/C9H20N2O/c1-3-9(2,8-12)11-6-4-10-5-7-11/h10,12H,3-8H2,1-2H3. The summed E-state index contributed by atoms with van der Waals surface area (Å²) >= 11 is 0. The molecule has 3 heteroatoms. The molecule has 0 amide bonds. The van der Waals surface area contributed by atoms with Crippen LogP contribution in [0.3, 0.4) is 0 Å². The van der Waals surface area contributed by atoms with E-state index in [1.54, 1.807) is 0 Å². The normalized spacial score (nSPS) is 25.2. The van der Waals surface area contributed by atoms with Gasteiger partial charge in [0.2, 0.25) is 0 Å². The summed E-state index contributed by atoms with van der Waals surface area (Å²) in [6.07, 6.45) is 1.02. The average molecular weight is 172 g/mol. The van der Waals surface area contributed by atoms with Gasteiger partial charge in [-0.25, -0.2) is 0 Å². The molecular formula is C9H20N2O. The lowest BCUT2D eigenvalue weighted by Crippen LogP contribution is -2.56. The first-order chi connectivity index (χ1) is 5.73. The van der Waals surface area contributed by atoms with Crippen molar-refractivity contribution in [1.82, 2.24) is 10.2 Å². The molecule has 3 nitrogen and oxygen atoms in total. The maximum absolute atomic E-state index is 9.28. The van der Waals surface area contributed by atoms with Gasteiger partial charge in [-0.3, -0.25) is 4.90 Å². The van der Waals surface area contributed by atoms with E-state index in [1.165, 1.54) is 0 Å². The Morgan fingerprint density at radius 3 is 2.42 bits per heavy atom. The van der Waals surface area contributed by atoms with Gasteiger partial charge in [0.05, 0.1) is 6.61 Å². The first kappa shape index (κ1) is 9.96. The number of rotatable bonds is 3. The number of nitrogens with one attached hydrogen (secondary N) is 1. The second kappa shape index (κ2) is 4.21. The predicted octanol–water partition coefficient (Wildman–Crippen LogP) is 0.0526. The molecule has 2 N–H and O–H groups in total. The Balaban J connectivity index is 2.51. The van der Waals surface area contributed by atoms with Crippen LogP contribution in [0.4, 0.5) is 0 Å². The highest BCUT2D eigenvalue weighted by Crippen LogP contribution is 2.18. The second-order valence-corrected chi connectivity index (χ2v) is 3.75. The van der Waals surface area contributed by atoms with Crippen molar-refractivity contribution in [2.75, 3.05) is 32.8 Å². The Labute approximate surface area is 74.8 Å². The highest BCUT2D eigenvalue weighted by Gasteiger charge is 2.29. The van der Waals surface area contributed by atoms with Crippen LogP contribution in [0.25, 0.3) is 0 Å². The first-order valence-electron chi connectivity index (χ1n) is 4.79. The molecule has 1 heterocycles. The van der Waals surface area contributed by atoms with Gasteiger partial charge in [-0.15, -0.1) is 0 Å². The minimum absolute atomic E-state index is 0.00208. The topological polar surface area (TPSA) is 35.5 Å². The summed E-state index contributed by atoms with van der Waals surface area (Å²) in [5.41, 5.74) is 0.00208. The van der Waals surface area contributed by atoms with Gasteiger partial charge in [-0.2, -0.15) is 0 Å². The fourth-order valence-corrected chi connectivity index (χ4v) is 1.64. The van der Waals surface area contributed by atoms with Crippen LogP contribution < -0.4 is 5.32 Å². The molecule has 0 radical (unpaired) electrons. The zero-order valence-electron chi connectivity index (χ0n) is 8.14. The molecule has 0 aliphatic carbocycles. The van der Waals surface area contributed by atoms with E-state index in [0.29, 0.717) is 0 Å². The summed E-state index contributed by atoms with van der Waals surface area (Å²) in [5.74, 6) is 0. The zero-order valence-corrected chi connectivity index (χ0v) is 8.14. The van der Waals surface area contributed by atoms with Crippen LogP contribution in [0.15, 0.2) is 0 Å². The van der Waals surface area contributed by atoms with Gasteiger partial charge in [0, 0.05) is 31.7 Å². The molecule has 1 fully saturated rings. The average Bonchev–Trinajstić information content (AvgIpc) is 2.18. The monoisotopic (exact) mass is 172 g/mol. The van der Waals surface area contributed by atoms with Crippen molar-refractivity contribution < 1.29 is 5.11 Å². The van der Waals surface area contributed by atoms with Crippen molar-refractivity contribution in [3.8, 4) is 0 Å². The van der Waals surface area contributed by atoms with E-state index < -0.39 is 0 Å². The molecule has 1 unspecified atom stereocenters. The molecular weight excluding hydrogens is 152 g/mol. The van der Waals surface area contributed by atoms with E-state index in [2.05, 4.69) is 24.1 Å². The fraction of sp³-hybridized carbons (Fsp3) is 1.00. The van der Waals surface area contributed by atoms with Gasteiger partial charge >= 0.3 is 0 Å². The third-order valence-electron chi connectivity index (χ3n) is 2.98. The molecule has 1 saturated heterocycles. The number of piperazine rings is 1. The lowest BCUT2D eigenvalue weighted by Gasteiger charge is -2.42. The Morgan fingerprint density at radius 2 is 2.00 bits per heavy atom. The molecule has 1 rings (SSSR count). The van der Waals surface area contributed by atoms with Crippen LogP contribution >= 0.6 is 0 Å². The third kappa shape index (κ3) is 1.97. The molecule has 0 aromatic heterocycles. The van der Waals surface area contributed by atoms with Gasteiger partial charge < -0.3 is 10.4 Å². The van der Waals surface area contributed by atoms with Gasteiger partial charge in [-0.05, 0) is 13.3 Å². The first-order valence-corrected chi connectivity index (χ1v) is 4.79. The van der Waals surface area contributed by atoms with Crippen molar-refractivity contribution in [1.29, 1.82) is 0 Å². The summed E-state index contributed by atoms with van der Waals surface area (Å²) in [5, 5.41) is 12.6. The molecule has 0 aromatic carbocycles. The molecule has 1 aliphatic rings. The lowest BCUT2D eigenvalue weighted by atomic mass is 9.97. The minimum atomic E-state index is 0.00208. The Morgan fingerprint density at radius 1 is 1.42 bits per heavy atom. The van der Waals surface area contributed by atoms with Gasteiger partial charge in [-0.1, -0.05) is 6.92 Å². The van der Waals surface area contributed by atoms with Crippen molar-refractivity contribution in [2.45, 2.75) is 25.8 Å². The highest BCUT2D eigenvalue weighted by molar-refractivity contribution is 4.86. The van der Waals surface area contributed by atoms with Gasteiger partial charge in [0.25, 0.3) is 0 Å². The van der Waals surface area contributed by atoms with Crippen molar-refractivity contribution in [3.05, 3.63) is 0 Å². The van der Waals surface area contributed by atoms with Crippen LogP contribution in [-0.2, 0) is 0 Å². The molecule has 12 heavy (non-hydrogen) atoms. The smallest absolute Gasteiger partial charge is 0.0612 e. The quantitative estimate of drug-likeness (QED) is 0.631. The predicted molar refractivity (Wildman–Crippen MR) is 50.2 cm³/mol.